The van der Waals surface area contributed by atoms with E-state index in [1.807, 2.05) is 6.92 Å². The number of rotatable bonds is 3. The summed E-state index contributed by atoms with van der Waals surface area (Å²) in [5.74, 6) is -0.594. The fourth-order valence-electron chi connectivity index (χ4n) is 3.96. The topological polar surface area (TPSA) is 81.7 Å². The van der Waals surface area contributed by atoms with Gasteiger partial charge in [-0.3, -0.25) is 18.9 Å². The van der Waals surface area contributed by atoms with E-state index < -0.39 is 28.7 Å². The Morgan fingerprint density at radius 3 is 2.46 bits per heavy atom. The van der Waals surface area contributed by atoms with E-state index in [2.05, 4.69) is 4.98 Å². The molecule has 0 unspecified atom stereocenters. The minimum absolute atomic E-state index is 0.112. The van der Waals surface area contributed by atoms with Crippen molar-refractivity contribution < 1.29 is 18.0 Å². The summed E-state index contributed by atoms with van der Waals surface area (Å²) in [7, 11) is 0. The van der Waals surface area contributed by atoms with Crippen molar-refractivity contribution in [1.29, 1.82) is 5.26 Å². The first-order valence-electron chi connectivity index (χ1n) is 10.3. The number of carbonyl (C=O) groups is 1. The van der Waals surface area contributed by atoms with Crippen LogP contribution in [-0.2, 0) is 17.4 Å². The highest BCUT2D eigenvalue weighted by molar-refractivity contribution is 7.81. The third-order valence-electron chi connectivity index (χ3n) is 5.73. The lowest BCUT2D eigenvalue weighted by Gasteiger charge is -2.29. The van der Waals surface area contributed by atoms with Gasteiger partial charge in [0.05, 0.1) is 33.6 Å². The van der Waals surface area contributed by atoms with Gasteiger partial charge < -0.3 is 4.90 Å². The molecular weight excluding hydrogens is 503 g/mol. The first-order chi connectivity index (χ1) is 16.3. The molecule has 0 atom stereocenters. The first-order valence-corrected chi connectivity index (χ1v) is 11.1. The molecule has 0 radical (unpaired) electrons. The Kier molecular flexibility index (Phi) is 5.85. The van der Waals surface area contributed by atoms with Crippen molar-refractivity contribution in [2.75, 3.05) is 9.80 Å². The molecule has 2 aromatic heterocycles. The highest BCUT2D eigenvalue weighted by Crippen LogP contribution is 2.40. The lowest BCUT2D eigenvalue weighted by Crippen LogP contribution is -2.44. The Labute approximate surface area is 208 Å². The normalized spacial score (nSPS) is 15.7. The molecule has 0 aliphatic carbocycles. The molecule has 1 amide bonds. The molecule has 180 valence electrons. The first kappa shape index (κ1) is 24.6. The molecule has 4 rings (SSSR count). The molecule has 7 nitrogen and oxygen atoms in total. The van der Waals surface area contributed by atoms with Gasteiger partial charge in [-0.05, 0) is 56.8 Å². The number of alkyl halides is 3. The van der Waals surface area contributed by atoms with Crippen LogP contribution in [-0.4, -0.2) is 25.9 Å². The number of aryl methyl sites for hydroxylation is 1. The second-order valence-electron chi connectivity index (χ2n) is 8.34. The Hall–Kier alpha value is -3.49. The van der Waals surface area contributed by atoms with E-state index >= 15 is 0 Å². The van der Waals surface area contributed by atoms with Gasteiger partial charge in [0.15, 0.2) is 10.8 Å². The van der Waals surface area contributed by atoms with E-state index in [0.29, 0.717) is 12.1 Å². The number of thiocarbonyl (C=S) groups is 1. The predicted molar refractivity (Wildman–Crippen MR) is 129 cm³/mol. The van der Waals surface area contributed by atoms with Crippen molar-refractivity contribution in [1.82, 2.24) is 9.38 Å². The lowest BCUT2D eigenvalue weighted by atomic mass is 10.0. The van der Waals surface area contributed by atoms with E-state index in [9.17, 15) is 22.8 Å². The average molecular weight is 520 g/mol. The zero-order valence-corrected chi connectivity index (χ0v) is 20.2. The maximum atomic E-state index is 13.5. The van der Waals surface area contributed by atoms with Gasteiger partial charge >= 0.3 is 6.18 Å². The number of halogens is 4. The minimum atomic E-state index is -4.81. The largest absolute Gasteiger partial charge is 0.417 e. The Bertz CT molecular complexity index is 1510. The molecule has 1 saturated heterocycles. The molecule has 3 heterocycles. The molecule has 1 aliphatic heterocycles. The summed E-state index contributed by atoms with van der Waals surface area (Å²) in [6.45, 7) is 4.95. The number of fused-ring (bicyclic) bond motifs is 1. The van der Waals surface area contributed by atoms with Crippen molar-refractivity contribution in [3.8, 4) is 6.07 Å². The van der Waals surface area contributed by atoms with Crippen LogP contribution in [0.1, 0.15) is 37.6 Å². The Morgan fingerprint density at radius 2 is 1.86 bits per heavy atom. The van der Waals surface area contributed by atoms with Gasteiger partial charge in [-0.2, -0.15) is 18.4 Å². The number of amides is 1. The summed E-state index contributed by atoms with van der Waals surface area (Å²) in [5, 5.41) is 9.10. The monoisotopic (exact) mass is 519 g/mol. The molecule has 1 fully saturated rings. The highest BCUT2D eigenvalue weighted by atomic mass is 35.5. The summed E-state index contributed by atoms with van der Waals surface area (Å²) in [4.78, 5) is 32.8. The molecule has 0 bridgehead atoms. The molecular formula is C23H17ClF3N5O2S. The molecule has 0 N–H and O–H groups in total. The van der Waals surface area contributed by atoms with E-state index in [1.165, 1.54) is 39.8 Å². The third kappa shape index (κ3) is 3.92. The van der Waals surface area contributed by atoms with Crippen LogP contribution in [0.25, 0.3) is 5.65 Å². The predicted octanol–water partition coefficient (Wildman–Crippen LogP) is 4.72. The summed E-state index contributed by atoms with van der Waals surface area (Å²) < 4.78 is 41.8. The van der Waals surface area contributed by atoms with Crippen LogP contribution < -0.4 is 15.4 Å². The molecule has 0 spiro atoms. The van der Waals surface area contributed by atoms with Gasteiger partial charge in [0, 0.05) is 18.0 Å². The zero-order valence-electron chi connectivity index (χ0n) is 18.6. The summed E-state index contributed by atoms with van der Waals surface area (Å²) in [5.41, 5.74) is -2.54. The van der Waals surface area contributed by atoms with Crippen LogP contribution in [0.4, 0.5) is 24.5 Å². The maximum Gasteiger partial charge on any atom is 0.417 e. The minimum Gasteiger partial charge on any atom is -0.302 e. The standard InChI is InChI=1S/C23H17ClF3N5O2S/c1-4-13-7-18(33)30-11-15(9-17(24)19(30)29-13)32-21(35)31(20(34)22(32,2)3)14-6-5-12(10-28)16(8-14)23(25,26)27/h5-9,11H,4H2,1-3H3. The van der Waals surface area contributed by atoms with Crippen LogP contribution in [0.2, 0.25) is 5.02 Å². The number of hydrogen-bond donors (Lipinski definition) is 0. The van der Waals surface area contributed by atoms with Gasteiger partial charge in [0.25, 0.3) is 11.5 Å². The number of benzene rings is 1. The van der Waals surface area contributed by atoms with Crippen molar-refractivity contribution in [3.05, 3.63) is 68.7 Å². The summed E-state index contributed by atoms with van der Waals surface area (Å²) in [6, 6.07) is 7.31. The fourth-order valence-corrected chi connectivity index (χ4v) is 4.73. The van der Waals surface area contributed by atoms with E-state index in [4.69, 9.17) is 29.1 Å². The van der Waals surface area contributed by atoms with E-state index in [-0.39, 0.29) is 32.7 Å². The van der Waals surface area contributed by atoms with Crippen molar-refractivity contribution in [2.24, 2.45) is 0 Å². The molecule has 3 aromatic rings. The SMILES string of the molecule is CCc1cc(=O)n2cc(N3C(=S)N(c4ccc(C#N)c(C(F)(F)F)c4)C(=O)C3(C)C)cc(Cl)c2n1. The fraction of sp³-hybridized carbons (Fsp3) is 0.261. The average Bonchev–Trinajstić information content (AvgIpc) is 2.96. The molecule has 0 saturated carbocycles. The molecule has 1 aromatic carbocycles. The lowest BCUT2D eigenvalue weighted by molar-refractivity contribution is -0.137. The Morgan fingerprint density at radius 1 is 1.17 bits per heavy atom. The summed E-state index contributed by atoms with van der Waals surface area (Å²) >= 11 is 12.0. The number of anilines is 2. The number of hydrogen-bond acceptors (Lipinski definition) is 5. The third-order valence-corrected chi connectivity index (χ3v) is 6.37. The van der Waals surface area contributed by atoms with Gasteiger partial charge in [0.1, 0.15) is 5.54 Å². The van der Waals surface area contributed by atoms with E-state index in [0.717, 1.165) is 17.0 Å². The molecule has 12 heteroatoms. The van der Waals surface area contributed by atoms with Crippen LogP contribution in [0.5, 0.6) is 0 Å². The van der Waals surface area contributed by atoms with Crippen LogP contribution in [0, 0.1) is 11.3 Å². The second kappa shape index (κ2) is 8.32. The van der Waals surface area contributed by atoms with Crippen molar-refractivity contribution in [3.63, 3.8) is 0 Å². The molecule has 1 aliphatic rings. The number of carbonyl (C=O) groups excluding carboxylic acids is 1. The maximum absolute atomic E-state index is 13.5. The number of nitrogens with zero attached hydrogens (tertiary/aromatic N) is 5. The summed E-state index contributed by atoms with van der Waals surface area (Å²) in [6.07, 6.45) is -2.85. The van der Waals surface area contributed by atoms with Gasteiger partial charge in [0.2, 0.25) is 0 Å². The number of nitriles is 1. The van der Waals surface area contributed by atoms with Crippen molar-refractivity contribution >= 4 is 51.9 Å². The van der Waals surface area contributed by atoms with Gasteiger partial charge in [-0.1, -0.05) is 18.5 Å². The van der Waals surface area contributed by atoms with Crippen LogP contribution in [0.3, 0.4) is 0 Å². The number of aromatic nitrogens is 2. The van der Waals surface area contributed by atoms with Gasteiger partial charge in [-0.25, -0.2) is 4.98 Å². The molecule has 35 heavy (non-hydrogen) atoms. The smallest absolute Gasteiger partial charge is 0.302 e. The highest BCUT2D eigenvalue weighted by Gasteiger charge is 2.51. The zero-order chi connectivity index (χ0) is 25.9. The van der Waals surface area contributed by atoms with Gasteiger partial charge in [-0.15, -0.1) is 0 Å². The van der Waals surface area contributed by atoms with Crippen LogP contribution >= 0.6 is 23.8 Å². The number of pyridine rings is 1. The van der Waals surface area contributed by atoms with E-state index in [1.54, 1.807) is 13.8 Å². The van der Waals surface area contributed by atoms with Crippen LogP contribution in [0.15, 0.2) is 41.3 Å². The van der Waals surface area contributed by atoms with Crippen molar-refractivity contribution in [2.45, 2.75) is 38.9 Å². The quantitative estimate of drug-likeness (QED) is 0.466. The second-order valence-corrected chi connectivity index (χ2v) is 9.11. The Balaban J connectivity index is 1.87.